The summed E-state index contributed by atoms with van der Waals surface area (Å²) in [5.41, 5.74) is -1.07. The Balaban J connectivity index is 2.56. The summed E-state index contributed by atoms with van der Waals surface area (Å²) in [6.07, 6.45) is 0.968. The number of ether oxygens (including phenoxy) is 2. The summed E-state index contributed by atoms with van der Waals surface area (Å²) in [7, 11) is 0. The summed E-state index contributed by atoms with van der Waals surface area (Å²) in [5, 5.41) is 11.0. The molecule has 0 atom stereocenters. The second kappa shape index (κ2) is 5.58. The first kappa shape index (κ1) is 16.3. The number of nitrogens with zero attached hydrogens (tertiary/aromatic N) is 1. The summed E-state index contributed by atoms with van der Waals surface area (Å²) in [4.78, 5) is 34.0. The largest absolute Gasteiger partial charge is 0.419 e. The highest BCUT2D eigenvalue weighted by molar-refractivity contribution is 6.36. The fourth-order valence-electron chi connectivity index (χ4n) is 1.82. The average Bonchev–Trinajstić information content (AvgIpc) is 2.31. The van der Waals surface area contributed by atoms with Gasteiger partial charge in [0.05, 0.1) is 10.5 Å². The fraction of sp³-hybridized carbons (Fsp3) is 0.231. The van der Waals surface area contributed by atoms with Crippen molar-refractivity contribution in [2.75, 3.05) is 0 Å². The number of hydrogen-bond donors (Lipinski definition) is 0. The zero-order valence-electron chi connectivity index (χ0n) is 11.4. The van der Waals surface area contributed by atoms with Crippen molar-refractivity contribution in [1.82, 2.24) is 0 Å². The Hall–Kier alpha value is -2.12. The van der Waals surface area contributed by atoms with Crippen LogP contribution in [0.15, 0.2) is 17.7 Å². The lowest BCUT2D eigenvalue weighted by molar-refractivity contribution is -0.384. The van der Waals surface area contributed by atoms with Crippen molar-refractivity contribution in [3.63, 3.8) is 0 Å². The van der Waals surface area contributed by atoms with Gasteiger partial charge in [-0.15, -0.1) is 0 Å². The Kier molecular flexibility index (Phi) is 4.12. The van der Waals surface area contributed by atoms with E-state index in [-0.39, 0.29) is 15.6 Å². The van der Waals surface area contributed by atoms with E-state index in [1.165, 1.54) is 26.0 Å². The van der Waals surface area contributed by atoms with Gasteiger partial charge in [0.25, 0.3) is 11.5 Å². The van der Waals surface area contributed by atoms with Gasteiger partial charge in [-0.2, -0.15) is 0 Å². The first-order chi connectivity index (χ1) is 10.1. The number of nitro benzene ring substituents is 1. The van der Waals surface area contributed by atoms with Crippen LogP contribution >= 0.6 is 23.2 Å². The molecule has 0 aliphatic carbocycles. The smallest absolute Gasteiger partial charge is 0.348 e. The van der Waals surface area contributed by atoms with Crippen LogP contribution in [0.4, 0.5) is 5.69 Å². The number of nitro groups is 1. The first-order valence-electron chi connectivity index (χ1n) is 5.92. The van der Waals surface area contributed by atoms with E-state index in [1.807, 2.05) is 0 Å². The highest BCUT2D eigenvalue weighted by Gasteiger charge is 2.39. The molecule has 0 aromatic heterocycles. The van der Waals surface area contributed by atoms with Gasteiger partial charge in [0.1, 0.15) is 10.6 Å². The predicted molar refractivity (Wildman–Crippen MR) is 77.4 cm³/mol. The van der Waals surface area contributed by atoms with Gasteiger partial charge in [-0.05, 0) is 18.2 Å². The van der Waals surface area contributed by atoms with Gasteiger partial charge in [0, 0.05) is 18.9 Å². The molecule has 1 aromatic rings. The Morgan fingerprint density at radius 1 is 1.18 bits per heavy atom. The molecule has 7 nitrogen and oxygen atoms in total. The predicted octanol–water partition coefficient (Wildman–Crippen LogP) is 3.12. The number of rotatable bonds is 2. The highest BCUT2D eigenvalue weighted by Crippen LogP contribution is 2.34. The molecule has 0 bridgehead atoms. The van der Waals surface area contributed by atoms with Crippen molar-refractivity contribution in [2.24, 2.45) is 0 Å². The van der Waals surface area contributed by atoms with Crippen LogP contribution in [0.2, 0.25) is 10.0 Å². The number of benzene rings is 1. The molecule has 1 aliphatic rings. The number of esters is 2. The Morgan fingerprint density at radius 3 is 2.23 bits per heavy atom. The van der Waals surface area contributed by atoms with Crippen LogP contribution in [0, 0.1) is 10.1 Å². The molecular formula is C13H9Cl2NO6. The van der Waals surface area contributed by atoms with Crippen molar-refractivity contribution in [2.45, 2.75) is 19.6 Å². The van der Waals surface area contributed by atoms with Crippen molar-refractivity contribution in [3.8, 4) is 0 Å². The van der Waals surface area contributed by atoms with Crippen LogP contribution in [-0.4, -0.2) is 22.6 Å². The second-order valence-corrected chi connectivity index (χ2v) is 5.66. The molecule has 116 valence electrons. The quantitative estimate of drug-likeness (QED) is 0.268. The van der Waals surface area contributed by atoms with E-state index >= 15 is 0 Å². The van der Waals surface area contributed by atoms with Crippen molar-refractivity contribution >= 4 is 46.9 Å². The maximum Gasteiger partial charge on any atom is 0.348 e. The minimum atomic E-state index is -1.40. The third-order valence-corrected chi connectivity index (χ3v) is 3.16. The van der Waals surface area contributed by atoms with E-state index < -0.39 is 33.9 Å². The van der Waals surface area contributed by atoms with E-state index in [0.717, 1.165) is 6.08 Å². The van der Waals surface area contributed by atoms with Crippen LogP contribution in [0.1, 0.15) is 19.4 Å². The molecule has 9 heteroatoms. The Bertz CT molecular complexity index is 703. The van der Waals surface area contributed by atoms with Crippen LogP contribution in [0.3, 0.4) is 0 Å². The summed E-state index contributed by atoms with van der Waals surface area (Å²) in [5.74, 6) is -3.30. The number of carbonyl (C=O) groups is 2. The Labute approximate surface area is 134 Å². The van der Waals surface area contributed by atoms with E-state index in [9.17, 15) is 19.7 Å². The van der Waals surface area contributed by atoms with E-state index in [4.69, 9.17) is 32.7 Å². The molecule has 0 N–H and O–H groups in total. The third-order valence-electron chi connectivity index (χ3n) is 2.66. The summed E-state index contributed by atoms with van der Waals surface area (Å²) < 4.78 is 9.81. The molecular weight excluding hydrogens is 337 g/mol. The molecule has 1 fully saturated rings. The number of hydrogen-bond acceptors (Lipinski definition) is 6. The molecule has 0 spiro atoms. The minimum Gasteiger partial charge on any atom is -0.419 e. The average molecular weight is 346 g/mol. The molecule has 0 radical (unpaired) electrons. The van der Waals surface area contributed by atoms with Gasteiger partial charge in [-0.3, -0.25) is 10.1 Å². The van der Waals surface area contributed by atoms with E-state index in [1.54, 1.807) is 0 Å². The normalized spacial score (nSPS) is 16.8. The van der Waals surface area contributed by atoms with Crippen LogP contribution in [0.25, 0.3) is 6.08 Å². The molecule has 1 aromatic carbocycles. The second-order valence-electron chi connectivity index (χ2n) is 4.82. The van der Waals surface area contributed by atoms with Crippen LogP contribution < -0.4 is 0 Å². The van der Waals surface area contributed by atoms with Crippen molar-refractivity contribution < 1.29 is 24.0 Å². The topological polar surface area (TPSA) is 95.7 Å². The molecule has 22 heavy (non-hydrogen) atoms. The third kappa shape index (κ3) is 3.20. The fourth-order valence-corrected chi connectivity index (χ4v) is 2.40. The standard InChI is InChI=1S/C13H9Cl2NO6/c1-13(2)21-11(17)8(12(18)22-13)4-6-3-7(14)5-9(15)10(6)16(19)20/h3-5H,1-2H3. The maximum absolute atomic E-state index is 11.8. The van der Waals surface area contributed by atoms with Crippen LogP contribution in [-0.2, 0) is 19.1 Å². The van der Waals surface area contributed by atoms with E-state index in [0.29, 0.717) is 0 Å². The lowest BCUT2D eigenvalue weighted by Gasteiger charge is -2.29. The van der Waals surface area contributed by atoms with Gasteiger partial charge < -0.3 is 9.47 Å². The highest BCUT2D eigenvalue weighted by atomic mass is 35.5. The minimum absolute atomic E-state index is 0.105. The first-order valence-corrected chi connectivity index (χ1v) is 6.68. The van der Waals surface area contributed by atoms with Crippen molar-refractivity contribution in [3.05, 3.63) is 43.4 Å². The monoisotopic (exact) mass is 345 g/mol. The lowest BCUT2D eigenvalue weighted by Crippen LogP contribution is -2.41. The maximum atomic E-state index is 11.8. The van der Waals surface area contributed by atoms with Gasteiger partial charge in [-0.1, -0.05) is 23.2 Å². The number of carbonyl (C=O) groups excluding carboxylic acids is 2. The SMILES string of the molecule is CC1(C)OC(=O)C(=Cc2cc(Cl)cc(Cl)c2[N+](=O)[O-])C(=O)O1. The number of cyclic esters (lactones) is 2. The number of halogens is 2. The Morgan fingerprint density at radius 2 is 1.73 bits per heavy atom. The lowest BCUT2D eigenvalue weighted by atomic mass is 10.1. The molecule has 0 saturated carbocycles. The zero-order valence-corrected chi connectivity index (χ0v) is 12.9. The summed E-state index contributed by atoms with van der Waals surface area (Å²) >= 11 is 11.6. The molecule has 0 amide bonds. The molecule has 2 rings (SSSR count). The summed E-state index contributed by atoms with van der Waals surface area (Å²) in [6, 6.07) is 2.39. The van der Waals surface area contributed by atoms with Gasteiger partial charge in [0.2, 0.25) is 0 Å². The summed E-state index contributed by atoms with van der Waals surface area (Å²) in [6.45, 7) is 2.77. The van der Waals surface area contributed by atoms with Crippen LogP contribution in [0.5, 0.6) is 0 Å². The molecule has 1 heterocycles. The van der Waals surface area contributed by atoms with Crippen molar-refractivity contribution in [1.29, 1.82) is 0 Å². The van der Waals surface area contributed by atoms with Gasteiger partial charge in [-0.25, -0.2) is 9.59 Å². The molecule has 1 aliphatic heterocycles. The molecule has 0 unspecified atom stereocenters. The zero-order chi connectivity index (χ0) is 16.7. The molecule has 1 saturated heterocycles. The van der Waals surface area contributed by atoms with Gasteiger partial charge in [0.15, 0.2) is 0 Å². The van der Waals surface area contributed by atoms with Gasteiger partial charge >= 0.3 is 11.9 Å². The van der Waals surface area contributed by atoms with E-state index in [2.05, 4.69) is 0 Å².